The van der Waals surface area contributed by atoms with Crippen molar-refractivity contribution in [2.24, 2.45) is 5.92 Å². The maximum absolute atomic E-state index is 12.2. The molecule has 2 aromatic rings. The van der Waals surface area contributed by atoms with Crippen molar-refractivity contribution in [2.45, 2.75) is 33.1 Å². The van der Waals surface area contributed by atoms with E-state index in [-0.39, 0.29) is 29.8 Å². The van der Waals surface area contributed by atoms with Gasteiger partial charge in [0.2, 0.25) is 5.91 Å². The van der Waals surface area contributed by atoms with Gasteiger partial charge >= 0.3 is 0 Å². The molecular formula is C18H23NO4S. The number of sulfone groups is 1. The van der Waals surface area contributed by atoms with E-state index >= 15 is 0 Å². The Hall–Kier alpha value is -1.82. The molecule has 0 atom stereocenters. The molecule has 24 heavy (non-hydrogen) atoms. The number of rotatable bonds is 4. The molecule has 3 rings (SSSR count). The highest BCUT2D eigenvalue weighted by atomic mass is 32.2. The lowest BCUT2D eigenvalue weighted by Gasteiger charge is -2.22. The summed E-state index contributed by atoms with van der Waals surface area (Å²) in [4.78, 5) is 12.2. The molecule has 1 aliphatic heterocycles. The van der Waals surface area contributed by atoms with Crippen LogP contribution in [0.15, 0.2) is 22.8 Å². The quantitative estimate of drug-likeness (QED) is 0.920. The third-order valence-corrected chi connectivity index (χ3v) is 6.42. The lowest BCUT2D eigenvalue weighted by atomic mass is 10.0. The van der Waals surface area contributed by atoms with Gasteiger partial charge in [-0.15, -0.1) is 0 Å². The molecule has 1 aliphatic rings. The van der Waals surface area contributed by atoms with Crippen LogP contribution in [0, 0.1) is 19.8 Å². The van der Waals surface area contributed by atoms with E-state index in [0.717, 1.165) is 27.7 Å². The summed E-state index contributed by atoms with van der Waals surface area (Å²) in [6.45, 7) is 4.59. The van der Waals surface area contributed by atoms with E-state index in [0.29, 0.717) is 19.4 Å². The number of fused-ring (bicyclic) bond motifs is 1. The van der Waals surface area contributed by atoms with Gasteiger partial charge < -0.3 is 9.73 Å². The average Bonchev–Trinajstić information content (AvgIpc) is 2.89. The lowest BCUT2D eigenvalue weighted by molar-refractivity contribution is -0.120. The number of hydrogen-bond acceptors (Lipinski definition) is 4. The first-order valence-electron chi connectivity index (χ1n) is 8.28. The normalized spacial score (nSPS) is 17.9. The molecule has 5 nitrogen and oxygen atoms in total. The molecule has 0 radical (unpaired) electrons. The summed E-state index contributed by atoms with van der Waals surface area (Å²) in [6.07, 6.45) is 3.21. The Balaban J connectivity index is 1.60. The van der Waals surface area contributed by atoms with Crippen molar-refractivity contribution in [2.75, 3.05) is 18.1 Å². The van der Waals surface area contributed by atoms with Gasteiger partial charge in [0.15, 0.2) is 0 Å². The van der Waals surface area contributed by atoms with E-state index in [1.165, 1.54) is 0 Å². The van der Waals surface area contributed by atoms with Crippen LogP contribution in [0.3, 0.4) is 0 Å². The van der Waals surface area contributed by atoms with Gasteiger partial charge in [0.1, 0.15) is 15.4 Å². The SMILES string of the molecule is Cc1cc(C)c2c(CC(=O)NCC3CCS(=O)(=O)CC3)coc2c1. The van der Waals surface area contributed by atoms with Crippen molar-refractivity contribution < 1.29 is 17.6 Å². The van der Waals surface area contributed by atoms with Gasteiger partial charge in [0.05, 0.1) is 24.2 Å². The first-order chi connectivity index (χ1) is 11.3. The minimum absolute atomic E-state index is 0.0499. The van der Waals surface area contributed by atoms with Gasteiger partial charge in [-0.2, -0.15) is 0 Å². The summed E-state index contributed by atoms with van der Waals surface area (Å²) in [5.41, 5.74) is 3.95. The van der Waals surface area contributed by atoms with E-state index in [1.807, 2.05) is 19.9 Å². The highest BCUT2D eigenvalue weighted by molar-refractivity contribution is 7.91. The van der Waals surface area contributed by atoms with Crippen LogP contribution in [-0.2, 0) is 21.1 Å². The minimum atomic E-state index is -2.85. The van der Waals surface area contributed by atoms with Crippen LogP contribution < -0.4 is 5.32 Å². The monoisotopic (exact) mass is 349 g/mol. The number of carbonyl (C=O) groups excluding carboxylic acids is 1. The zero-order valence-electron chi connectivity index (χ0n) is 14.1. The van der Waals surface area contributed by atoms with Gasteiger partial charge in [-0.25, -0.2) is 8.42 Å². The summed E-state index contributed by atoms with van der Waals surface area (Å²) in [5, 5.41) is 3.95. The Morgan fingerprint density at radius 2 is 1.96 bits per heavy atom. The third-order valence-electron chi connectivity index (χ3n) is 4.71. The predicted octanol–water partition coefficient (Wildman–Crippen LogP) is 2.53. The molecule has 0 aliphatic carbocycles. The van der Waals surface area contributed by atoms with Gasteiger partial charge in [0, 0.05) is 17.5 Å². The summed E-state index contributed by atoms with van der Waals surface area (Å²) < 4.78 is 28.4. The Bertz CT molecular complexity index is 853. The van der Waals surface area contributed by atoms with Gasteiger partial charge in [0.25, 0.3) is 0 Å². The van der Waals surface area contributed by atoms with E-state index in [9.17, 15) is 13.2 Å². The summed E-state index contributed by atoms with van der Waals surface area (Å²) in [5.74, 6) is 0.672. The Labute approximate surface area is 142 Å². The van der Waals surface area contributed by atoms with Crippen molar-refractivity contribution in [3.8, 4) is 0 Å². The molecule has 1 aromatic heterocycles. The molecule has 1 saturated heterocycles. The van der Waals surface area contributed by atoms with Crippen LogP contribution in [0.2, 0.25) is 0 Å². The molecule has 1 fully saturated rings. The predicted molar refractivity (Wildman–Crippen MR) is 93.8 cm³/mol. The number of aryl methyl sites for hydroxylation is 2. The number of benzene rings is 1. The fourth-order valence-corrected chi connectivity index (χ4v) is 4.98. The molecule has 0 unspecified atom stereocenters. The first kappa shape index (κ1) is 17.0. The molecule has 1 aromatic carbocycles. The van der Waals surface area contributed by atoms with Crippen molar-refractivity contribution in [1.82, 2.24) is 5.32 Å². The van der Waals surface area contributed by atoms with Crippen LogP contribution in [0.4, 0.5) is 0 Å². The second-order valence-electron chi connectivity index (χ2n) is 6.79. The molecule has 2 heterocycles. The van der Waals surface area contributed by atoms with E-state index in [2.05, 4.69) is 11.4 Å². The van der Waals surface area contributed by atoms with Gasteiger partial charge in [-0.05, 0) is 49.8 Å². The minimum Gasteiger partial charge on any atom is -0.464 e. The van der Waals surface area contributed by atoms with E-state index in [1.54, 1.807) is 6.26 Å². The van der Waals surface area contributed by atoms with Crippen molar-refractivity contribution >= 4 is 26.7 Å². The summed E-state index contributed by atoms with van der Waals surface area (Å²) in [6, 6.07) is 4.06. The highest BCUT2D eigenvalue weighted by Crippen LogP contribution is 2.26. The van der Waals surface area contributed by atoms with Crippen molar-refractivity contribution in [3.05, 3.63) is 35.1 Å². The van der Waals surface area contributed by atoms with Crippen LogP contribution >= 0.6 is 0 Å². The fourth-order valence-electron chi connectivity index (χ4n) is 3.39. The summed E-state index contributed by atoms with van der Waals surface area (Å²) in [7, 11) is -2.85. The van der Waals surface area contributed by atoms with E-state index < -0.39 is 9.84 Å². The van der Waals surface area contributed by atoms with Crippen LogP contribution in [0.5, 0.6) is 0 Å². The first-order valence-corrected chi connectivity index (χ1v) is 10.1. The standard InChI is InChI=1S/C18H23NO4S/c1-12-7-13(2)18-15(11-23-16(18)8-12)9-17(20)19-10-14-3-5-24(21,22)6-4-14/h7-8,11,14H,3-6,9-10H2,1-2H3,(H,19,20). The highest BCUT2D eigenvalue weighted by Gasteiger charge is 2.24. The van der Waals surface area contributed by atoms with Crippen molar-refractivity contribution in [3.63, 3.8) is 0 Å². The molecule has 1 N–H and O–H groups in total. The second kappa shape index (κ2) is 6.59. The molecule has 0 bridgehead atoms. The largest absolute Gasteiger partial charge is 0.464 e. The zero-order chi connectivity index (χ0) is 17.3. The van der Waals surface area contributed by atoms with Crippen molar-refractivity contribution in [1.29, 1.82) is 0 Å². The number of furan rings is 1. The molecule has 0 spiro atoms. The van der Waals surface area contributed by atoms with Gasteiger partial charge in [-0.1, -0.05) is 6.07 Å². The molecular weight excluding hydrogens is 326 g/mol. The molecule has 6 heteroatoms. The molecule has 130 valence electrons. The third kappa shape index (κ3) is 3.80. The smallest absolute Gasteiger partial charge is 0.224 e. The number of amides is 1. The Morgan fingerprint density at radius 1 is 1.25 bits per heavy atom. The maximum Gasteiger partial charge on any atom is 0.224 e. The lowest BCUT2D eigenvalue weighted by Crippen LogP contribution is -2.34. The average molecular weight is 349 g/mol. The number of carbonyl (C=O) groups is 1. The van der Waals surface area contributed by atoms with Crippen LogP contribution in [0.25, 0.3) is 11.0 Å². The van der Waals surface area contributed by atoms with E-state index in [4.69, 9.17) is 4.42 Å². The van der Waals surface area contributed by atoms with Crippen LogP contribution in [0.1, 0.15) is 29.5 Å². The Morgan fingerprint density at radius 3 is 2.67 bits per heavy atom. The van der Waals surface area contributed by atoms with Gasteiger partial charge in [-0.3, -0.25) is 4.79 Å². The second-order valence-corrected chi connectivity index (χ2v) is 9.10. The number of nitrogens with one attached hydrogen (secondary N) is 1. The zero-order valence-corrected chi connectivity index (χ0v) is 14.9. The van der Waals surface area contributed by atoms with Crippen LogP contribution in [-0.4, -0.2) is 32.4 Å². The maximum atomic E-state index is 12.2. The molecule has 1 amide bonds. The topological polar surface area (TPSA) is 76.4 Å². The Kier molecular flexibility index (Phi) is 4.67. The fraction of sp³-hybridized carbons (Fsp3) is 0.500. The number of hydrogen-bond donors (Lipinski definition) is 1. The molecule has 0 saturated carbocycles. The summed E-state index contributed by atoms with van der Waals surface area (Å²) >= 11 is 0.